The van der Waals surface area contributed by atoms with Gasteiger partial charge in [0.05, 0.1) is 6.04 Å². The molecule has 6 N–H and O–H groups in total. The fourth-order valence-corrected chi connectivity index (χ4v) is 3.56. The standard InChI is InChI=1S/C23H29N3O5S/c1-32-12-11-19(25-21(28)18(24)13-16-7-9-17(27)10-8-16)22(29)26-20(23(30)31)14-15-5-3-2-4-6-15/h2-10,18-20,27H,11-14,24H2,1H3,(H,25,28)(H,26,29)(H,30,31)/t18-,19+,20-/m0/s1. The number of nitrogens with two attached hydrogens (primary N) is 1. The topological polar surface area (TPSA) is 142 Å². The minimum atomic E-state index is -1.15. The van der Waals surface area contributed by atoms with Crippen molar-refractivity contribution in [1.29, 1.82) is 0 Å². The van der Waals surface area contributed by atoms with Gasteiger partial charge in [-0.25, -0.2) is 4.79 Å². The number of nitrogens with one attached hydrogen (secondary N) is 2. The Balaban J connectivity index is 2.02. The monoisotopic (exact) mass is 459 g/mol. The zero-order valence-corrected chi connectivity index (χ0v) is 18.7. The molecule has 2 aromatic carbocycles. The first-order valence-electron chi connectivity index (χ1n) is 10.2. The lowest BCUT2D eigenvalue weighted by molar-refractivity contribution is -0.142. The van der Waals surface area contributed by atoms with Crippen LogP contribution < -0.4 is 16.4 Å². The molecule has 0 aromatic heterocycles. The summed E-state index contributed by atoms with van der Waals surface area (Å²) in [5, 5.41) is 24.1. The van der Waals surface area contributed by atoms with Crippen molar-refractivity contribution in [3.8, 4) is 5.75 Å². The molecule has 0 bridgehead atoms. The molecule has 172 valence electrons. The van der Waals surface area contributed by atoms with E-state index in [2.05, 4.69) is 10.6 Å². The fraction of sp³-hybridized carbons (Fsp3) is 0.348. The van der Waals surface area contributed by atoms with Gasteiger partial charge in [-0.15, -0.1) is 0 Å². The Labute approximate surface area is 191 Å². The van der Waals surface area contributed by atoms with Gasteiger partial charge >= 0.3 is 5.97 Å². The van der Waals surface area contributed by atoms with Crippen LogP contribution in [0.1, 0.15) is 17.5 Å². The first-order valence-corrected chi connectivity index (χ1v) is 11.6. The summed E-state index contributed by atoms with van der Waals surface area (Å²) in [6, 6.07) is 12.4. The van der Waals surface area contributed by atoms with Crippen molar-refractivity contribution in [2.75, 3.05) is 12.0 Å². The minimum absolute atomic E-state index is 0.115. The maximum absolute atomic E-state index is 12.8. The number of hydrogen-bond donors (Lipinski definition) is 5. The van der Waals surface area contributed by atoms with Gasteiger partial charge in [0.2, 0.25) is 11.8 Å². The third-order valence-electron chi connectivity index (χ3n) is 4.87. The SMILES string of the molecule is CSCC[C@@H](NC(=O)[C@@H](N)Cc1ccc(O)cc1)C(=O)N[C@@H](Cc1ccccc1)C(=O)O. The summed E-state index contributed by atoms with van der Waals surface area (Å²) in [5.41, 5.74) is 7.56. The van der Waals surface area contributed by atoms with E-state index in [-0.39, 0.29) is 18.6 Å². The highest BCUT2D eigenvalue weighted by molar-refractivity contribution is 7.98. The maximum atomic E-state index is 12.8. The van der Waals surface area contributed by atoms with E-state index in [4.69, 9.17) is 5.73 Å². The van der Waals surface area contributed by atoms with E-state index >= 15 is 0 Å². The van der Waals surface area contributed by atoms with Crippen molar-refractivity contribution in [3.05, 3.63) is 65.7 Å². The largest absolute Gasteiger partial charge is 0.508 e. The summed E-state index contributed by atoms with van der Waals surface area (Å²) in [4.78, 5) is 37.1. The molecule has 0 saturated carbocycles. The van der Waals surface area contributed by atoms with Gasteiger partial charge in [0.1, 0.15) is 17.8 Å². The Kier molecular flexibility index (Phi) is 10.0. The second-order valence-corrected chi connectivity index (χ2v) is 8.39. The molecule has 0 aliphatic carbocycles. The van der Waals surface area contributed by atoms with Crippen LogP contribution in [0.2, 0.25) is 0 Å². The summed E-state index contributed by atoms with van der Waals surface area (Å²) in [6.45, 7) is 0. The molecular weight excluding hydrogens is 430 g/mol. The average Bonchev–Trinajstić information content (AvgIpc) is 2.78. The molecule has 32 heavy (non-hydrogen) atoms. The number of amides is 2. The van der Waals surface area contributed by atoms with Gasteiger partial charge in [0, 0.05) is 6.42 Å². The minimum Gasteiger partial charge on any atom is -0.508 e. The number of aliphatic carboxylic acids is 1. The Morgan fingerprint density at radius 2 is 1.50 bits per heavy atom. The number of carboxylic acid groups (broad SMARTS) is 1. The molecule has 2 rings (SSSR count). The first-order chi connectivity index (χ1) is 15.3. The third kappa shape index (κ3) is 8.24. The molecule has 2 aromatic rings. The van der Waals surface area contributed by atoms with Crippen LogP contribution in [0.5, 0.6) is 5.75 Å². The van der Waals surface area contributed by atoms with Crippen LogP contribution in [0.15, 0.2) is 54.6 Å². The smallest absolute Gasteiger partial charge is 0.326 e. The van der Waals surface area contributed by atoms with Crippen molar-refractivity contribution in [2.45, 2.75) is 37.4 Å². The van der Waals surface area contributed by atoms with Gasteiger partial charge in [-0.05, 0) is 48.1 Å². The molecule has 0 aliphatic rings. The Bertz CT molecular complexity index is 892. The molecule has 0 fully saturated rings. The van der Waals surface area contributed by atoms with Crippen LogP contribution in [0.25, 0.3) is 0 Å². The molecule has 0 radical (unpaired) electrons. The van der Waals surface area contributed by atoms with Gasteiger partial charge < -0.3 is 26.6 Å². The molecule has 0 saturated heterocycles. The molecule has 0 spiro atoms. The summed E-state index contributed by atoms with van der Waals surface area (Å²) >= 11 is 1.51. The van der Waals surface area contributed by atoms with Gasteiger partial charge in [-0.3, -0.25) is 9.59 Å². The van der Waals surface area contributed by atoms with E-state index in [1.165, 1.54) is 23.9 Å². The van der Waals surface area contributed by atoms with E-state index in [0.717, 1.165) is 11.1 Å². The molecule has 0 heterocycles. The lowest BCUT2D eigenvalue weighted by Gasteiger charge is -2.23. The second kappa shape index (κ2) is 12.7. The quantitative estimate of drug-likeness (QED) is 0.322. The molecular formula is C23H29N3O5S. The lowest BCUT2D eigenvalue weighted by atomic mass is 10.0. The van der Waals surface area contributed by atoms with Crippen molar-refractivity contribution >= 4 is 29.5 Å². The molecule has 8 nitrogen and oxygen atoms in total. The van der Waals surface area contributed by atoms with Gasteiger partial charge in [0.15, 0.2) is 0 Å². The van der Waals surface area contributed by atoms with Gasteiger partial charge in [-0.2, -0.15) is 11.8 Å². The number of hydrogen-bond acceptors (Lipinski definition) is 6. The Morgan fingerprint density at radius 1 is 0.906 bits per heavy atom. The lowest BCUT2D eigenvalue weighted by Crippen LogP contribution is -2.55. The predicted octanol–water partition coefficient (Wildman–Crippen LogP) is 1.31. The highest BCUT2D eigenvalue weighted by atomic mass is 32.2. The fourth-order valence-electron chi connectivity index (χ4n) is 3.08. The molecule has 2 amide bonds. The van der Waals surface area contributed by atoms with Crippen molar-refractivity contribution in [3.63, 3.8) is 0 Å². The molecule has 0 unspecified atom stereocenters. The summed E-state index contributed by atoms with van der Waals surface area (Å²) in [7, 11) is 0. The maximum Gasteiger partial charge on any atom is 0.326 e. The average molecular weight is 460 g/mol. The number of phenols is 1. The van der Waals surface area contributed by atoms with E-state index < -0.39 is 35.9 Å². The Hall–Kier alpha value is -3.04. The number of phenolic OH excluding ortho intramolecular Hbond substituents is 1. The van der Waals surface area contributed by atoms with Gasteiger partial charge in [0.25, 0.3) is 0 Å². The summed E-state index contributed by atoms with van der Waals surface area (Å²) < 4.78 is 0. The van der Waals surface area contributed by atoms with E-state index in [9.17, 15) is 24.6 Å². The number of benzene rings is 2. The van der Waals surface area contributed by atoms with Crippen LogP contribution >= 0.6 is 11.8 Å². The van der Waals surface area contributed by atoms with Crippen LogP contribution in [-0.2, 0) is 27.2 Å². The van der Waals surface area contributed by atoms with Crippen molar-refractivity contribution < 1.29 is 24.6 Å². The number of rotatable bonds is 12. The van der Waals surface area contributed by atoms with Crippen LogP contribution in [-0.4, -0.2) is 58.1 Å². The van der Waals surface area contributed by atoms with Crippen molar-refractivity contribution in [1.82, 2.24) is 10.6 Å². The number of carboxylic acids is 1. The summed E-state index contributed by atoms with van der Waals surface area (Å²) in [5.74, 6) is -1.51. The molecule has 3 atom stereocenters. The zero-order chi connectivity index (χ0) is 23.5. The highest BCUT2D eigenvalue weighted by Gasteiger charge is 2.28. The van der Waals surface area contributed by atoms with Crippen LogP contribution in [0, 0.1) is 0 Å². The van der Waals surface area contributed by atoms with E-state index in [1.54, 1.807) is 36.4 Å². The first kappa shape index (κ1) is 25.2. The summed E-state index contributed by atoms with van der Waals surface area (Å²) in [6.07, 6.45) is 2.57. The zero-order valence-electron chi connectivity index (χ0n) is 17.9. The number of aromatic hydroxyl groups is 1. The van der Waals surface area contributed by atoms with Crippen LogP contribution in [0.4, 0.5) is 0 Å². The number of carbonyl (C=O) groups is 3. The van der Waals surface area contributed by atoms with Crippen LogP contribution in [0.3, 0.4) is 0 Å². The number of carbonyl (C=O) groups excluding carboxylic acids is 2. The van der Waals surface area contributed by atoms with E-state index in [1.807, 2.05) is 12.3 Å². The highest BCUT2D eigenvalue weighted by Crippen LogP contribution is 2.11. The van der Waals surface area contributed by atoms with Crippen molar-refractivity contribution in [2.24, 2.45) is 5.73 Å². The second-order valence-electron chi connectivity index (χ2n) is 7.41. The predicted molar refractivity (Wildman–Crippen MR) is 124 cm³/mol. The molecule has 0 aliphatic heterocycles. The molecule has 9 heteroatoms. The van der Waals surface area contributed by atoms with Gasteiger partial charge in [-0.1, -0.05) is 42.5 Å². The Morgan fingerprint density at radius 3 is 2.09 bits per heavy atom. The third-order valence-corrected chi connectivity index (χ3v) is 5.51. The number of thioether (sulfide) groups is 1. The van der Waals surface area contributed by atoms with E-state index in [0.29, 0.717) is 12.2 Å². The normalized spacial score (nSPS) is 13.6.